The Bertz CT molecular complexity index is 805. The third kappa shape index (κ3) is 6.85. The van der Waals surface area contributed by atoms with Crippen molar-refractivity contribution < 1.29 is 9.59 Å². The fourth-order valence-electron chi connectivity index (χ4n) is 3.36. The topological polar surface area (TPSA) is 64.7 Å². The fourth-order valence-corrected chi connectivity index (χ4v) is 3.48. The molecule has 2 aromatic carbocycles. The maximum Gasteiger partial charge on any atom is 0.238 e. The number of hydrogen-bond donors (Lipinski definition) is 2. The van der Waals surface area contributed by atoms with Gasteiger partial charge in [0.05, 0.1) is 19.1 Å². The van der Waals surface area contributed by atoms with Crippen LogP contribution in [0.15, 0.2) is 54.6 Å². The number of rotatable bonds is 7. The Morgan fingerprint density at radius 1 is 0.897 bits per heavy atom. The maximum absolute atomic E-state index is 12.4. The van der Waals surface area contributed by atoms with Crippen molar-refractivity contribution >= 4 is 29.1 Å². The number of benzene rings is 2. The lowest BCUT2D eigenvalue weighted by Gasteiger charge is -2.34. The van der Waals surface area contributed by atoms with Crippen molar-refractivity contribution in [1.29, 1.82) is 0 Å². The predicted octanol–water partition coefficient (Wildman–Crippen LogP) is 2.77. The summed E-state index contributed by atoms with van der Waals surface area (Å²) in [5.41, 5.74) is 1.83. The number of carbonyl (C=O) groups excluding carboxylic acids is 2. The van der Waals surface area contributed by atoms with Crippen LogP contribution in [0, 0.1) is 0 Å². The molecule has 0 aliphatic carbocycles. The number of piperazine rings is 1. The number of carbonyl (C=O) groups is 2. The highest BCUT2D eigenvalue weighted by molar-refractivity contribution is 6.30. The van der Waals surface area contributed by atoms with Gasteiger partial charge < -0.3 is 10.6 Å². The minimum atomic E-state index is -0.0669. The van der Waals surface area contributed by atoms with E-state index in [1.54, 1.807) is 0 Å². The van der Waals surface area contributed by atoms with E-state index in [9.17, 15) is 9.59 Å². The Balaban J connectivity index is 1.37. The first kappa shape index (κ1) is 21.3. The molecule has 1 saturated heterocycles. The van der Waals surface area contributed by atoms with E-state index >= 15 is 0 Å². The Labute approximate surface area is 176 Å². The van der Waals surface area contributed by atoms with Gasteiger partial charge in [0.2, 0.25) is 11.8 Å². The summed E-state index contributed by atoms with van der Waals surface area (Å²) < 4.78 is 0. The molecular formula is C22H27ClN4O2. The van der Waals surface area contributed by atoms with Crippen molar-refractivity contribution in [2.75, 3.05) is 44.6 Å². The van der Waals surface area contributed by atoms with E-state index in [2.05, 4.69) is 20.4 Å². The van der Waals surface area contributed by atoms with Crippen molar-refractivity contribution in [2.45, 2.75) is 13.0 Å². The SMILES string of the molecule is CC(NC(=O)CN1CCN(CC(=O)Nc2ccccc2)CC1)c1ccc(Cl)cc1. The van der Waals surface area contributed by atoms with Gasteiger partial charge in [0.15, 0.2) is 0 Å². The number of amides is 2. The molecule has 29 heavy (non-hydrogen) atoms. The van der Waals surface area contributed by atoms with Gasteiger partial charge in [-0.3, -0.25) is 19.4 Å². The molecule has 154 valence electrons. The van der Waals surface area contributed by atoms with Gasteiger partial charge >= 0.3 is 0 Å². The molecule has 0 radical (unpaired) electrons. The van der Waals surface area contributed by atoms with Crippen LogP contribution in [-0.2, 0) is 9.59 Å². The van der Waals surface area contributed by atoms with Gasteiger partial charge in [-0.15, -0.1) is 0 Å². The zero-order valence-corrected chi connectivity index (χ0v) is 17.4. The van der Waals surface area contributed by atoms with Crippen LogP contribution in [0.3, 0.4) is 0 Å². The molecule has 2 aromatic rings. The fraction of sp³-hybridized carbons (Fsp3) is 0.364. The van der Waals surface area contributed by atoms with Gasteiger partial charge in [0.1, 0.15) is 0 Å². The summed E-state index contributed by atoms with van der Waals surface area (Å²) in [6.07, 6.45) is 0. The number of nitrogens with zero attached hydrogens (tertiary/aromatic N) is 2. The van der Waals surface area contributed by atoms with Gasteiger partial charge in [-0.05, 0) is 36.8 Å². The lowest BCUT2D eigenvalue weighted by atomic mass is 10.1. The minimum absolute atomic E-state index is 0.00252. The number of halogens is 1. The second-order valence-electron chi connectivity index (χ2n) is 7.31. The highest BCUT2D eigenvalue weighted by Gasteiger charge is 2.21. The molecule has 0 saturated carbocycles. The van der Waals surface area contributed by atoms with E-state index in [4.69, 9.17) is 11.6 Å². The van der Waals surface area contributed by atoms with E-state index in [1.807, 2.05) is 61.5 Å². The molecule has 1 fully saturated rings. The van der Waals surface area contributed by atoms with Crippen molar-refractivity contribution in [1.82, 2.24) is 15.1 Å². The number of para-hydroxylation sites is 1. The third-order valence-electron chi connectivity index (χ3n) is 5.00. The zero-order valence-electron chi connectivity index (χ0n) is 16.6. The molecular weight excluding hydrogens is 388 g/mol. The second kappa shape index (κ2) is 10.4. The third-order valence-corrected chi connectivity index (χ3v) is 5.26. The summed E-state index contributed by atoms with van der Waals surface area (Å²) in [6.45, 7) is 5.75. The van der Waals surface area contributed by atoms with Gasteiger partial charge in [0, 0.05) is 36.9 Å². The number of nitrogens with one attached hydrogen (secondary N) is 2. The highest BCUT2D eigenvalue weighted by atomic mass is 35.5. The van der Waals surface area contributed by atoms with Crippen LogP contribution in [0.5, 0.6) is 0 Å². The average molecular weight is 415 g/mol. The molecule has 1 heterocycles. The average Bonchev–Trinajstić information content (AvgIpc) is 2.70. The Morgan fingerprint density at radius 3 is 2.03 bits per heavy atom. The molecule has 0 bridgehead atoms. The normalized spacial score (nSPS) is 16.2. The van der Waals surface area contributed by atoms with Gasteiger partial charge in [-0.2, -0.15) is 0 Å². The Kier molecular flexibility index (Phi) is 7.63. The first-order valence-corrected chi connectivity index (χ1v) is 10.2. The summed E-state index contributed by atoms with van der Waals surface area (Å²) in [5.74, 6) is -0.0121. The van der Waals surface area contributed by atoms with Gasteiger partial charge in [-0.1, -0.05) is 41.9 Å². The van der Waals surface area contributed by atoms with Crippen molar-refractivity contribution in [3.63, 3.8) is 0 Å². The number of hydrogen-bond acceptors (Lipinski definition) is 4. The van der Waals surface area contributed by atoms with E-state index in [0.717, 1.165) is 37.4 Å². The van der Waals surface area contributed by atoms with Crippen LogP contribution in [0.1, 0.15) is 18.5 Å². The quantitative estimate of drug-likeness (QED) is 0.731. The maximum atomic E-state index is 12.4. The molecule has 2 N–H and O–H groups in total. The summed E-state index contributed by atoms with van der Waals surface area (Å²) in [6, 6.07) is 16.9. The summed E-state index contributed by atoms with van der Waals surface area (Å²) >= 11 is 5.91. The van der Waals surface area contributed by atoms with Gasteiger partial charge in [0.25, 0.3) is 0 Å². The Hall–Kier alpha value is -2.41. The molecule has 2 amide bonds. The molecule has 0 spiro atoms. The monoisotopic (exact) mass is 414 g/mol. The first-order chi connectivity index (χ1) is 14.0. The molecule has 3 rings (SSSR count). The van der Waals surface area contributed by atoms with Crippen LogP contribution in [-0.4, -0.2) is 60.9 Å². The van der Waals surface area contributed by atoms with E-state index in [0.29, 0.717) is 18.1 Å². The lowest BCUT2D eigenvalue weighted by molar-refractivity contribution is -0.124. The van der Waals surface area contributed by atoms with Crippen LogP contribution < -0.4 is 10.6 Å². The lowest BCUT2D eigenvalue weighted by Crippen LogP contribution is -2.51. The summed E-state index contributed by atoms with van der Waals surface area (Å²) in [5, 5.41) is 6.62. The standard InChI is InChI=1S/C22H27ClN4O2/c1-17(18-7-9-19(23)10-8-18)24-21(28)15-26-11-13-27(14-12-26)16-22(29)25-20-5-3-2-4-6-20/h2-10,17H,11-16H2,1H3,(H,24,28)(H,25,29). The smallest absolute Gasteiger partial charge is 0.238 e. The molecule has 1 aliphatic heterocycles. The zero-order chi connectivity index (χ0) is 20.6. The summed E-state index contributed by atoms with van der Waals surface area (Å²) in [4.78, 5) is 28.8. The predicted molar refractivity (Wildman–Crippen MR) is 116 cm³/mol. The number of anilines is 1. The highest BCUT2D eigenvalue weighted by Crippen LogP contribution is 2.16. The largest absolute Gasteiger partial charge is 0.348 e. The molecule has 6 nitrogen and oxygen atoms in total. The summed E-state index contributed by atoms with van der Waals surface area (Å²) in [7, 11) is 0. The van der Waals surface area contributed by atoms with Crippen molar-refractivity contribution in [2.24, 2.45) is 0 Å². The van der Waals surface area contributed by atoms with E-state index in [-0.39, 0.29) is 17.9 Å². The first-order valence-electron chi connectivity index (χ1n) is 9.84. The second-order valence-corrected chi connectivity index (χ2v) is 7.74. The molecule has 1 atom stereocenters. The van der Waals surface area contributed by atoms with Crippen LogP contribution in [0.4, 0.5) is 5.69 Å². The Morgan fingerprint density at radius 2 is 1.45 bits per heavy atom. The van der Waals surface area contributed by atoms with Gasteiger partial charge in [-0.25, -0.2) is 0 Å². The van der Waals surface area contributed by atoms with E-state index < -0.39 is 0 Å². The molecule has 1 unspecified atom stereocenters. The molecule has 7 heteroatoms. The molecule has 1 aliphatic rings. The van der Waals surface area contributed by atoms with Crippen molar-refractivity contribution in [3.8, 4) is 0 Å². The van der Waals surface area contributed by atoms with Crippen LogP contribution >= 0.6 is 11.6 Å². The molecule has 0 aromatic heterocycles. The van der Waals surface area contributed by atoms with Crippen LogP contribution in [0.25, 0.3) is 0 Å². The van der Waals surface area contributed by atoms with Crippen molar-refractivity contribution in [3.05, 3.63) is 65.2 Å². The van der Waals surface area contributed by atoms with Crippen LogP contribution in [0.2, 0.25) is 5.02 Å². The minimum Gasteiger partial charge on any atom is -0.348 e. The van der Waals surface area contributed by atoms with E-state index in [1.165, 1.54) is 0 Å².